The molecule has 6 rings (SSSR count). The molecule has 2 aliphatic heterocycles. The molecule has 4 aromatic rings. The summed E-state index contributed by atoms with van der Waals surface area (Å²) in [5.74, 6) is 1.96. The number of H-pyrrole nitrogens is 1. The van der Waals surface area contributed by atoms with E-state index in [-0.39, 0.29) is 23.6 Å². The number of aromatic nitrogens is 4. The molecule has 1 saturated heterocycles. The Morgan fingerprint density at radius 3 is 2.74 bits per heavy atom. The minimum Gasteiger partial charge on any atom is -0.450 e. The molecule has 0 radical (unpaired) electrons. The lowest BCUT2D eigenvalue weighted by atomic mass is 10.0. The van der Waals surface area contributed by atoms with Gasteiger partial charge in [0.05, 0.1) is 22.9 Å². The summed E-state index contributed by atoms with van der Waals surface area (Å²) in [6.07, 6.45) is 4.87. The number of nitrogens with two attached hydrogens (primary N) is 1. The van der Waals surface area contributed by atoms with E-state index < -0.39 is 0 Å². The molecule has 2 aromatic carbocycles. The van der Waals surface area contributed by atoms with E-state index >= 15 is 0 Å². The number of amides is 1. The van der Waals surface area contributed by atoms with Gasteiger partial charge in [0.15, 0.2) is 23.3 Å². The Hall–Kier alpha value is -4.91. The molecule has 42 heavy (non-hydrogen) atoms. The predicted molar refractivity (Wildman–Crippen MR) is 160 cm³/mol. The Bertz CT molecular complexity index is 1640. The van der Waals surface area contributed by atoms with Crippen LogP contribution in [-0.4, -0.2) is 69.0 Å². The normalized spacial score (nSPS) is 14.9. The number of fused-ring (bicyclic) bond motifs is 3. The fourth-order valence-electron chi connectivity index (χ4n) is 5.45. The standard InChI is InChI=1S/C29H34N10O3/c30-28(31)33-11-3-13-38-14-9-19(10-15-38)39-17-24-26(37-29(39)41)36-22-16-18(6-7-23(22)42-24)27(40)32-12-8-25-34-20-4-1-2-5-21(20)35-25/h1-2,4-7,16-17,19H,3,8-15H2,(H,32,40)(H,34,35)(H4,30,31,33)(H,36,37,41). The van der Waals surface area contributed by atoms with Crippen molar-refractivity contribution >= 4 is 34.4 Å². The number of aromatic amines is 1. The summed E-state index contributed by atoms with van der Waals surface area (Å²) in [4.78, 5) is 40.2. The number of piperidine rings is 1. The quantitative estimate of drug-likeness (QED) is 0.0882. The molecule has 0 saturated carbocycles. The number of guanidine groups is 1. The van der Waals surface area contributed by atoms with E-state index in [1.165, 1.54) is 0 Å². The number of carbonyl (C=O) groups is 1. The zero-order valence-electron chi connectivity index (χ0n) is 23.2. The molecule has 0 spiro atoms. The van der Waals surface area contributed by atoms with E-state index in [1.54, 1.807) is 29.0 Å². The fraction of sp³-hybridized carbons (Fsp3) is 0.345. The molecule has 4 heterocycles. The number of nitrogens with zero attached hydrogens (tertiary/aromatic N) is 4. The van der Waals surface area contributed by atoms with Gasteiger partial charge < -0.3 is 36.3 Å². The van der Waals surface area contributed by atoms with Crippen LogP contribution >= 0.6 is 0 Å². The van der Waals surface area contributed by atoms with E-state index in [4.69, 9.17) is 15.9 Å². The number of imidazole rings is 1. The van der Waals surface area contributed by atoms with Crippen LogP contribution in [0.3, 0.4) is 0 Å². The van der Waals surface area contributed by atoms with Crippen molar-refractivity contribution in [3.05, 3.63) is 70.5 Å². The van der Waals surface area contributed by atoms with Crippen molar-refractivity contribution in [1.82, 2.24) is 35.1 Å². The third kappa shape index (κ3) is 6.05. The molecule has 1 amide bonds. The smallest absolute Gasteiger partial charge is 0.350 e. The van der Waals surface area contributed by atoms with Crippen LogP contribution in [0, 0.1) is 5.41 Å². The topological polar surface area (TPSA) is 179 Å². The molecule has 0 unspecified atom stereocenters. The molecule has 0 atom stereocenters. The molecule has 2 aromatic heterocycles. The van der Waals surface area contributed by atoms with Gasteiger partial charge in [-0.25, -0.2) is 9.78 Å². The maximum absolute atomic E-state index is 13.0. The number of para-hydroxylation sites is 2. The average molecular weight is 571 g/mol. The Morgan fingerprint density at radius 1 is 1.10 bits per heavy atom. The number of hydrogen-bond donors (Lipinski definition) is 6. The Labute approximate surface area is 242 Å². The molecule has 0 bridgehead atoms. The number of carbonyl (C=O) groups excluding carboxylic acids is 1. The van der Waals surface area contributed by atoms with Crippen molar-refractivity contribution in [2.45, 2.75) is 31.7 Å². The van der Waals surface area contributed by atoms with Crippen LogP contribution in [0.4, 0.5) is 11.5 Å². The number of hydrogen-bond acceptors (Lipinski definition) is 8. The van der Waals surface area contributed by atoms with Crippen molar-refractivity contribution < 1.29 is 9.53 Å². The maximum Gasteiger partial charge on any atom is 0.350 e. The van der Waals surface area contributed by atoms with Gasteiger partial charge in [0.25, 0.3) is 5.91 Å². The monoisotopic (exact) mass is 570 g/mol. The molecule has 2 aliphatic rings. The lowest BCUT2D eigenvalue weighted by Crippen LogP contribution is -2.39. The first kappa shape index (κ1) is 27.3. The molecule has 7 N–H and O–H groups in total. The van der Waals surface area contributed by atoms with Gasteiger partial charge in [0, 0.05) is 44.2 Å². The highest BCUT2D eigenvalue weighted by molar-refractivity contribution is 5.96. The molecular weight excluding hydrogens is 536 g/mol. The average Bonchev–Trinajstić information content (AvgIpc) is 3.41. The fourth-order valence-corrected chi connectivity index (χ4v) is 5.45. The summed E-state index contributed by atoms with van der Waals surface area (Å²) < 4.78 is 7.77. The summed E-state index contributed by atoms with van der Waals surface area (Å²) in [7, 11) is 0. The van der Waals surface area contributed by atoms with Crippen molar-refractivity contribution in [2.75, 3.05) is 38.0 Å². The van der Waals surface area contributed by atoms with Gasteiger partial charge in [-0.15, -0.1) is 0 Å². The lowest BCUT2D eigenvalue weighted by Gasteiger charge is -2.33. The number of ether oxygens (including phenoxy) is 1. The van der Waals surface area contributed by atoms with Gasteiger partial charge >= 0.3 is 5.69 Å². The predicted octanol–water partition coefficient (Wildman–Crippen LogP) is 2.45. The number of nitrogens with one attached hydrogen (secondary N) is 5. The van der Waals surface area contributed by atoms with Crippen LogP contribution < -0.4 is 32.1 Å². The van der Waals surface area contributed by atoms with Crippen molar-refractivity contribution in [3.8, 4) is 11.5 Å². The summed E-state index contributed by atoms with van der Waals surface area (Å²) in [6.45, 7) is 3.76. The van der Waals surface area contributed by atoms with Gasteiger partial charge in [-0.3, -0.25) is 14.8 Å². The van der Waals surface area contributed by atoms with Crippen LogP contribution in [0.5, 0.6) is 11.5 Å². The highest BCUT2D eigenvalue weighted by atomic mass is 16.5. The van der Waals surface area contributed by atoms with Crippen LogP contribution in [0.2, 0.25) is 0 Å². The summed E-state index contributed by atoms with van der Waals surface area (Å²) >= 11 is 0. The molecule has 0 aliphatic carbocycles. The second-order valence-electron chi connectivity index (χ2n) is 10.6. The van der Waals surface area contributed by atoms with Crippen LogP contribution in [0.25, 0.3) is 11.0 Å². The zero-order valence-corrected chi connectivity index (χ0v) is 23.2. The molecule has 13 nitrogen and oxygen atoms in total. The van der Waals surface area contributed by atoms with Gasteiger partial charge in [-0.1, -0.05) is 12.1 Å². The Morgan fingerprint density at radius 2 is 1.93 bits per heavy atom. The van der Waals surface area contributed by atoms with E-state index in [9.17, 15) is 9.59 Å². The van der Waals surface area contributed by atoms with E-state index in [1.807, 2.05) is 24.3 Å². The van der Waals surface area contributed by atoms with Gasteiger partial charge in [0.2, 0.25) is 0 Å². The largest absolute Gasteiger partial charge is 0.450 e. The number of rotatable bonds is 9. The van der Waals surface area contributed by atoms with Crippen LogP contribution in [-0.2, 0) is 6.42 Å². The number of anilines is 2. The summed E-state index contributed by atoms with van der Waals surface area (Å²) in [5.41, 5.74) is 7.91. The van der Waals surface area contributed by atoms with Crippen molar-refractivity contribution in [3.63, 3.8) is 0 Å². The first-order chi connectivity index (χ1) is 20.4. The van der Waals surface area contributed by atoms with Gasteiger partial charge in [-0.2, -0.15) is 4.98 Å². The van der Waals surface area contributed by atoms with Crippen LogP contribution in [0.15, 0.2) is 53.5 Å². The molecular formula is C29H34N10O3. The molecule has 1 fully saturated rings. The third-order valence-corrected chi connectivity index (χ3v) is 7.64. The summed E-state index contributed by atoms with van der Waals surface area (Å²) in [5, 5.41) is 16.2. The Kier molecular flexibility index (Phi) is 7.73. The second-order valence-corrected chi connectivity index (χ2v) is 10.6. The van der Waals surface area contributed by atoms with Crippen LogP contribution in [0.1, 0.15) is 41.5 Å². The van der Waals surface area contributed by atoms with Crippen molar-refractivity contribution in [1.29, 1.82) is 5.41 Å². The first-order valence-corrected chi connectivity index (χ1v) is 14.2. The minimum atomic E-state index is -0.336. The SMILES string of the molecule is N=C(N)NCCCN1CCC(n2cc3c(nc2=O)Nc2cc(C(=O)NCCc4nc5ccccc5[nH]4)ccc2O3)CC1. The van der Waals surface area contributed by atoms with E-state index in [0.717, 1.165) is 55.8 Å². The zero-order chi connectivity index (χ0) is 29.1. The van der Waals surface area contributed by atoms with E-state index in [2.05, 4.69) is 35.8 Å². The molecule has 13 heteroatoms. The number of benzene rings is 2. The second kappa shape index (κ2) is 11.9. The Balaban J connectivity index is 1.04. The molecule has 218 valence electrons. The maximum atomic E-state index is 13.0. The van der Waals surface area contributed by atoms with Crippen molar-refractivity contribution in [2.24, 2.45) is 5.73 Å². The first-order valence-electron chi connectivity index (χ1n) is 14.2. The van der Waals surface area contributed by atoms with Gasteiger partial charge in [-0.05, 0) is 56.1 Å². The minimum absolute atomic E-state index is 0.00987. The number of likely N-dealkylation sites (tertiary alicyclic amines) is 1. The highest BCUT2D eigenvalue weighted by Crippen LogP contribution is 2.41. The lowest BCUT2D eigenvalue weighted by molar-refractivity contribution is 0.0954. The third-order valence-electron chi connectivity index (χ3n) is 7.64. The van der Waals surface area contributed by atoms with Gasteiger partial charge in [0.1, 0.15) is 5.82 Å². The highest BCUT2D eigenvalue weighted by Gasteiger charge is 2.25. The van der Waals surface area contributed by atoms with E-state index in [0.29, 0.717) is 48.1 Å². The summed E-state index contributed by atoms with van der Waals surface area (Å²) in [6, 6.07) is 13.0.